The number of nitrogens with zero attached hydrogens (tertiary/aromatic N) is 1. The Labute approximate surface area is 181 Å². The van der Waals surface area contributed by atoms with Gasteiger partial charge in [-0.25, -0.2) is 4.79 Å². The summed E-state index contributed by atoms with van der Waals surface area (Å²) in [4.78, 5) is 28.6. The molecule has 1 aromatic heterocycles. The fourth-order valence-electron chi connectivity index (χ4n) is 3.11. The van der Waals surface area contributed by atoms with Crippen molar-refractivity contribution in [1.29, 1.82) is 0 Å². The van der Waals surface area contributed by atoms with E-state index in [4.69, 9.17) is 4.74 Å². The smallest absolute Gasteiger partial charge is 0.408 e. The number of ether oxygens (including phenoxy) is 1. The van der Waals surface area contributed by atoms with Crippen molar-refractivity contribution in [3.63, 3.8) is 0 Å². The fraction of sp³-hybridized carbons (Fsp3) is 0.250. The Hall–Kier alpha value is -3.12. The van der Waals surface area contributed by atoms with Crippen LogP contribution in [0.3, 0.4) is 0 Å². The number of thiophene rings is 1. The van der Waals surface area contributed by atoms with Crippen LogP contribution in [0.5, 0.6) is 0 Å². The molecule has 0 aliphatic heterocycles. The van der Waals surface area contributed by atoms with Crippen LogP contribution >= 0.6 is 11.3 Å². The molecular weight excluding hydrogens is 396 g/mol. The van der Waals surface area contributed by atoms with Gasteiger partial charge in [-0.15, -0.1) is 11.3 Å². The SMILES string of the molecule is CCN(Cc1cccs1)C(=O)[C@H](Cc1ccccc1)NC(=O)OCc1ccccc1. The molecule has 30 heavy (non-hydrogen) atoms. The van der Waals surface area contributed by atoms with Gasteiger partial charge in [0, 0.05) is 17.8 Å². The number of rotatable bonds is 9. The fourth-order valence-corrected chi connectivity index (χ4v) is 3.83. The molecule has 1 N–H and O–H groups in total. The normalized spacial score (nSPS) is 11.5. The first-order valence-corrected chi connectivity index (χ1v) is 10.9. The number of amides is 2. The van der Waals surface area contributed by atoms with Gasteiger partial charge in [0.25, 0.3) is 0 Å². The molecule has 0 spiro atoms. The zero-order chi connectivity index (χ0) is 21.2. The van der Waals surface area contributed by atoms with Gasteiger partial charge in [0.15, 0.2) is 0 Å². The van der Waals surface area contributed by atoms with Gasteiger partial charge in [-0.2, -0.15) is 0 Å². The Morgan fingerprint density at radius 2 is 1.63 bits per heavy atom. The van der Waals surface area contributed by atoms with Crippen LogP contribution in [-0.2, 0) is 29.1 Å². The number of likely N-dealkylation sites (N-methyl/N-ethyl adjacent to an activating group) is 1. The standard InChI is InChI=1S/C24H26N2O3S/c1-2-26(17-21-14-9-15-30-21)23(27)22(16-19-10-5-3-6-11-19)25-24(28)29-18-20-12-7-4-8-13-20/h3-15,22H,2,16-18H2,1H3,(H,25,28)/t22-/m0/s1. The number of carbonyl (C=O) groups is 2. The van der Waals surface area contributed by atoms with E-state index in [1.54, 1.807) is 16.2 Å². The van der Waals surface area contributed by atoms with E-state index in [0.29, 0.717) is 19.5 Å². The second-order valence-corrected chi connectivity index (χ2v) is 7.91. The van der Waals surface area contributed by atoms with Gasteiger partial charge in [0.1, 0.15) is 12.6 Å². The van der Waals surface area contributed by atoms with Crippen LogP contribution < -0.4 is 5.32 Å². The highest BCUT2D eigenvalue weighted by atomic mass is 32.1. The molecule has 2 aromatic carbocycles. The van der Waals surface area contributed by atoms with Gasteiger partial charge < -0.3 is 15.0 Å². The molecule has 3 aromatic rings. The third-order valence-electron chi connectivity index (χ3n) is 4.71. The Balaban J connectivity index is 1.68. The minimum atomic E-state index is -0.699. The molecule has 0 fully saturated rings. The topological polar surface area (TPSA) is 58.6 Å². The predicted octanol–water partition coefficient (Wildman–Crippen LogP) is 4.63. The van der Waals surface area contributed by atoms with Gasteiger partial charge in [0.05, 0.1) is 6.54 Å². The van der Waals surface area contributed by atoms with Crippen LogP contribution in [0.1, 0.15) is 22.9 Å². The van der Waals surface area contributed by atoms with E-state index in [0.717, 1.165) is 16.0 Å². The summed E-state index contributed by atoms with van der Waals surface area (Å²) in [6.45, 7) is 3.19. The first-order valence-electron chi connectivity index (χ1n) is 9.98. The molecule has 1 heterocycles. The molecule has 0 radical (unpaired) electrons. The summed E-state index contributed by atoms with van der Waals surface area (Å²) in [6.07, 6.45) is -0.193. The summed E-state index contributed by atoms with van der Waals surface area (Å²) in [5.74, 6) is -0.119. The van der Waals surface area contributed by atoms with Crippen molar-refractivity contribution >= 4 is 23.3 Å². The van der Waals surface area contributed by atoms with E-state index in [-0.39, 0.29) is 12.5 Å². The second kappa shape index (κ2) is 11.2. The van der Waals surface area contributed by atoms with Gasteiger partial charge in [0.2, 0.25) is 5.91 Å². The Kier molecular flexibility index (Phi) is 8.03. The zero-order valence-corrected chi connectivity index (χ0v) is 17.8. The van der Waals surface area contributed by atoms with Crippen molar-refractivity contribution in [3.8, 4) is 0 Å². The van der Waals surface area contributed by atoms with Crippen molar-refractivity contribution in [2.75, 3.05) is 6.54 Å². The highest BCUT2D eigenvalue weighted by molar-refractivity contribution is 7.09. The van der Waals surface area contributed by atoms with Gasteiger partial charge in [-0.05, 0) is 29.5 Å². The zero-order valence-electron chi connectivity index (χ0n) is 17.0. The minimum absolute atomic E-state index is 0.119. The number of benzene rings is 2. The average Bonchev–Trinajstić information content (AvgIpc) is 3.30. The van der Waals surface area contributed by atoms with Crippen LogP contribution in [0.25, 0.3) is 0 Å². The Morgan fingerprint density at radius 3 is 2.23 bits per heavy atom. The highest BCUT2D eigenvalue weighted by Crippen LogP contribution is 2.14. The quantitative estimate of drug-likeness (QED) is 0.547. The van der Waals surface area contributed by atoms with Gasteiger partial charge in [-0.1, -0.05) is 66.7 Å². The molecule has 156 valence electrons. The first-order chi connectivity index (χ1) is 14.7. The molecule has 3 rings (SSSR count). The molecular formula is C24H26N2O3S. The third-order valence-corrected chi connectivity index (χ3v) is 5.57. The molecule has 0 unspecified atom stereocenters. The van der Waals surface area contributed by atoms with Crippen LogP contribution in [-0.4, -0.2) is 29.5 Å². The second-order valence-electron chi connectivity index (χ2n) is 6.88. The van der Waals surface area contributed by atoms with Crippen molar-refractivity contribution in [1.82, 2.24) is 10.2 Å². The molecule has 0 aliphatic rings. The number of hydrogen-bond acceptors (Lipinski definition) is 4. The van der Waals surface area contributed by atoms with Gasteiger partial charge >= 0.3 is 6.09 Å². The first kappa shape index (κ1) is 21.6. The maximum Gasteiger partial charge on any atom is 0.408 e. The van der Waals surface area contributed by atoms with E-state index >= 15 is 0 Å². The van der Waals surface area contributed by atoms with Crippen molar-refractivity contribution < 1.29 is 14.3 Å². The maximum absolute atomic E-state index is 13.3. The molecule has 0 saturated carbocycles. The number of alkyl carbamates (subject to hydrolysis) is 1. The predicted molar refractivity (Wildman–Crippen MR) is 119 cm³/mol. The average molecular weight is 423 g/mol. The van der Waals surface area contributed by atoms with E-state index < -0.39 is 12.1 Å². The Morgan fingerprint density at radius 1 is 0.967 bits per heavy atom. The summed E-state index contributed by atoms with van der Waals surface area (Å²) in [5.41, 5.74) is 1.87. The van der Waals surface area contributed by atoms with E-state index in [1.807, 2.05) is 85.1 Å². The number of carbonyl (C=O) groups excluding carboxylic acids is 2. The molecule has 1 atom stereocenters. The number of nitrogens with one attached hydrogen (secondary N) is 1. The van der Waals surface area contributed by atoms with Crippen molar-refractivity contribution in [2.24, 2.45) is 0 Å². The Bertz CT molecular complexity index is 914. The summed E-state index contributed by atoms with van der Waals surface area (Å²) in [6, 6.07) is 22.4. The van der Waals surface area contributed by atoms with Crippen molar-refractivity contribution in [2.45, 2.75) is 32.5 Å². The molecule has 0 bridgehead atoms. The lowest BCUT2D eigenvalue weighted by atomic mass is 10.0. The maximum atomic E-state index is 13.3. The molecule has 0 saturated heterocycles. The lowest BCUT2D eigenvalue weighted by molar-refractivity contribution is -0.133. The third kappa shape index (κ3) is 6.46. The highest BCUT2D eigenvalue weighted by Gasteiger charge is 2.26. The van der Waals surface area contributed by atoms with Crippen molar-refractivity contribution in [3.05, 3.63) is 94.2 Å². The van der Waals surface area contributed by atoms with Crippen LogP contribution in [0.4, 0.5) is 4.79 Å². The molecule has 0 aliphatic carbocycles. The van der Waals surface area contributed by atoms with E-state index in [2.05, 4.69) is 5.32 Å². The molecule has 6 heteroatoms. The van der Waals surface area contributed by atoms with E-state index in [9.17, 15) is 9.59 Å². The minimum Gasteiger partial charge on any atom is -0.445 e. The lowest BCUT2D eigenvalue weighted by Gasteiger charge is -2.26. The van der Waals surface area contributed by atoms with Crippen LogP contribution in [0.15, 0.2) is 78.2 Å². The lowest BCUT2D eigenvalue weighted by Crippen LogP contribution is -2.49. The summed E-state index contributed by atoms with van der Waals surface area (Å²) < 4.78 is 5.35. The van der Waals surface area contributed by atoms with Gasteiger partial charge in [-0.3, -0.25) is 4.79 Å². The molecule has 2 amide bonds. The largest absolute Gasteiger partial charge is 0.445 e. The summed E-state index contributed by atoms with van der Waals surface area (Å²) in [5, 5.41) is 4.78. The molecule has 5 nitrogen and oxygen atoms in total. The number of hydrogen-bond donors (Lipinski definition) is 1. The summed E-state index contributed by atoms with van der Waals surface area (Å²) >= 11 is 1.61. The monoisotopic (exact) mass is 422 g/mol. The van der Waals surface area contributed by atoms with Crippen LogP contribution in [0, 0.1) is 0 Å². The van der Waals surface area contributed by atoms with E-state index in [1.165, 1.54) is 0 Å². The summed E-state index contributed by atoms with van der Waals surface area (Å²) in [7, 11) is 0. The van der Waals surface area contributed by atoms with Crippen LogP contribution in [0.2, 0.25) is 0 Å².